The zero-order valence-corrected chi connectivity index (χ0v) is 14.8. The van der Waals surface area contributed by atoms with Crippen LogP contribution in [0, 0.1) is 6.92 Å². The first-order valence-electron chi connectivity index (χ1n) is 8.19. The average molecular weight is 326 g/mol. The molecule has 0 aliphatic rings. The summed E-state index contributed by atoms with van der Waals surface area (Å²) in [7, 11) is 0. The molecule has 0 saturated carbocycles. The van der Waals surface area contributed by atoms with E-state index in [0.717, 1.165) is 17.0 Å². The molecule has 0 saturated heterocycles. The zero-order valence-electron chi connectivity index (χ0n) is 14.8. The number of anilines is 1. The highest BCUT2D eigenvalue weighted by Crippen LogP contribution is 2.23. The van der Waals surface area contributed by atoms with Crippen molar-refractivity contribution < 1.29 is 9.53 Å². The summed E-state index contributed by atoms with van der Waals surface area (Å²) in [6, 6.07) is 15.5. The number of rotatable bonds is 5. The molecule has 2 aromatic rings. The highest BCUT2D eigenvalue weighted by Gasteiger charge is 2.13. The van der Waals surface area contributed by atoms with E-state index in [1.807, 2.05) is 55.5 Å². The number of benzene rings is 2. The lowest BCUT2D eigenvalue weighted by molar-refractivity contribution is 0.247. The predicted octanol–water partition coefficient (Wildman–Crippen LogP) is 4.49. The molecular formula is C20H26N2O2. The largest absolute Gasteiger partial charge is 0.492 e. The molecule has 2 amide bonds. The van der Waals surface area contributed by atoms with Crippen LogP contribution in [0.3, 0.4) is 0 Å². The summed E-state index contributed by atoms with van der Waals surface area (Å²) in [6.45, 7) is 9.38. The molecule has 0 aromatic heterocycles. The summed E-state index contributed by atoms with van der Waals surface area (Å²) in [4.78, 5) is 11.9. The molecule has 0 heterocycles. The number of amides is 2. The van der Waals surface area contributed by atoms with E-state index in [2.05, 4.69) is 31.4 Å². The van der Waals surface area contributed by atoms with Crippen molar-refractivity contribution in [3.8, 4) is 5.75 Å². The van der Waals surface area contributed by atoms with Gasteiger partial charge in [0.1, 0.15) is 12.4 Å². The number of carbonyl (C=O) groups excluding carboxylic acids is 1. The molecule has 24 heavy (non-hydrogen) atoms. The Kier molecular flexibility index (Phi) is 5.85. The van der Waals surface area contributed by atoms with Gasteiger partial charge in [0.05, 0.1) is 6.54 Å². The quantitative estimate of drug-likeness (QED) is 0.795. The van der Waals surface area contributed by atoms with Crippen molar-refractivity contribution in [3.63, 3.8) is 0 Å². The van der Waals surface area contributed by atoms with Gasteiger partial charge in [-0.3, -0.25) is 0 Å². The number of aryl methyl sites for hydroxylation is 1. The predicted molar refractivity (Wildman–Crippen MR) is 98.8 cm³/mol. The molecule has 0 spiro atoms. The first-order chi connectivity index (χ1) is 11.3. The molecule has 0 aliphatic carbocycles. The molecule has 4 nitrogen and oxygen atoms in total. The Bertz CT molecular complexity index is 673. The second kappa shape index (κ2) is 7.86. The van der Waals surface area contributed by atoms with E-state index in [1.165, 1.54) is 5.56 Å². The second-order valence-corrected chi connectivity index (χ2v) is 6.87. The van der Waals surface area contributed by atoms with Gasteiger partial charge in [0.15, 0.2) is 0 Å². The van der Waals surface area contributed by atoms with Crippen LogP contribution in [-0.4, -0.2) is 19.2 Å². The van der Waals surface area contributed by atoms with Gasteiger partial charge in [0, 0.05) is 5.69 Å². The van der Waals surface area contributed by atoms with E-state index in [-0.39, 0.29) is 11.4 Å². The van der Waals surface area contributed by atoms with E-state index in [9.17, 15) is 4.79 Å². The molecule has 0 aliphatic heterocycles. The van der Waals surface area contributed by atoms with Gasteiger partial charge in [-0.25, -0.2) is 4.79 Å². The fourth-order valence-electron chi connectivity index (χ4n) is 2.27. The third kappa shape index (κ3) is 5.61. The smallest absolute Gasteiger partial charge is 0.319 e. The van der Waals surface area contributed by atoms with Gasteiger partial charge in [-0.05, 0) is 47.7 Å². The van der Waals surface area contributed by atoms with E-state index in [1.54, 1.807) is 0 Å². The Hall–Kier alpha value is -2.49. The van der Waals surface area contributed by atoms with Gasteiger partial charge in [-0.1, -0.05) is 45.0 Å². The van der Waals surface area contributed by atoms with Gasteiger partial charge < -0.3 is 15.4 Å². The number of carbonyl (C=O) groups is 1. The summed E-state index contributed by atoms with van der Waals surface area (Å²) < 4.78 is 5.60. The Morgan fingerprint density at radius 3 is 2.42 bits per heavy atom. The molecule has 2 N–H and O–H groups in total. The van der Waals surface area contributed by atoms with Crippen molar-refractivity contribution in [1.82, 2.24) is 5.32 Å². The van der Waals surface area contributed by atoms with Crippen LogP contribution in [0.15, 0.2) is 48.5 Å². The van der Waals surface area contributed by atoms with Crippen molar-refractivity contribution in [3.05, 3.63) is 59.7 Å². The Morgan fingerprint density at radius 2 is 1.79 bits per heavy atom. The average Bonchev–Trinajstić information content (AvgIpc) is 2.51. The monoisotopic (exact) mass is 326 g/mol. The second-order valence-electron chi connectivity index (χ2n) is 6.87. The standard InChI is InChI=1S/C20H26N2O2/c1-15-6-5-7-18(14-15)24-13-12-21-19(23)22-17-10-8-16(9-11-17)20(2,3)4/h5-11,14H,12-13H2,1-4H3,(H2,21,22,23). The van der Waals surface area contributed by atoms with Crippen LogP contribution in [0.5, 0.6) is 5.75 Å². The highest BCUT2D eigenvalue weighted by atomic mass is 16.5. The van der Waals surface area contributed by atoms with Crippen LogP contribution in [0.2, 0.25) is 0 Å². The lowest BCUT2D eigenvalue weighted by atomic mass is 9.87. The summed E-state index contributed by atoms with van der Waals surface area (Å²) in [5.74, 6) is 0.815. The van der Waals surface area contributed by atoms with Gasteiger partial charge in [-0.2, -0.15) is 0 Å². The molecule has 0 atom stereocenters. The van der Waals surface area contributed by atoms with Crippen LogP contribution in [0.1, 0.15) is 31.9 Å². The van der Waals surface area contributed by atoms with Crippen LogP contribution < -0.4 is 15.4 Å². The summed E-state index contributed by atoms with van der Waals surface area (Å²) in [5.41, 5.74) is 3.27. The Morgan fingerprint density at radius 1 is 1.08 bits per heavy atom. The fraction of sp³-hybridized carbons (Fsp3) is 0.350. The maximum absolute atomic E-state index is 11.9. The number of nitrogens with one attached hydrogen (secondary N) is 2. The molecular weight excluding hydrogens is 300 g/mol. The minimum atomic E-state index is -0.230. The maximum Gasteiger partial charge on any atom is 0.319 e. The highest BCUT2D eigenvalue weighted by molar-refractivity contribution is 5.89. The summed E-state index contributed by atoms with van der Waals surface area (Å²) in [6.07, 6.45) is 0. The lowest BCUT2D eigenvalue weighted by Gasteiger charge is -2.19. The van der Waals surface area contributed by atoms with Gasteiger partial charge >= 0.3 is 6.03 Å². The van der Waals surface area contributed by atoms with E-state index in [4.69, 9.17) is 4.74 Å². The Labute approximate surface area is 144 Å². The molecule has 2 aromatic carbocycles. The number of urea groups is 1. The van der Waals surface area contributed by atoms with Crippen LogP contribution in [0.25, 0.3) is 0 Å². The number of ether oxygens (including phenoxy) is 1. The molecule has 4 heteroatoms. The normalized spacial score (nSPS) is 11.0. The van der Waals surface area contributed by atoms with Crippen molar-refractivity contribution in [2.24, 2.45) is 0 Å². The number of hydrogen-bond donors (Lipinski definition) is 2. The minimum absolute atomic E-state index is 0.105. The zero-order chi connectivity index (χ0) is 17.6. The van der Waals surface area contributed by atoms with E-state index >= 15 is 0 Å². The molecule has 0 unspecified atom stereocenters. The minimum Gasteiger partial charge on any atom is -0.492 e. The van der Waals surface area contributed by atoms with Crippen molar-refractivity contribution in [2.75, 3.05) is 18.5 Å². The van der Waals surface area contributed by atoms with Gasteiger partial charge in [-0.15, -0.1) is 0 Å². The first kappa shape index (κ1) is 17.9. The van der Waals surface area contributed by atoms with E-state index < -0.39 is 0 Å². The van der Waals surface area contributed by atoms with Crippen LogP contribution >= 0.6 is 0 Å². The first-order valence-corrected chi connectivity index (χ1v) is 8.19. The molecule has 0 radical (unpaired) electrons. The molecule has 128 valence electrons. The lowest BCUT2D eigenvalue weighted by Crippen LogP contribution is -2.32. The van der Waals surface area contributed by atoms with Gasteiger partial charge in [0.25, 0.3) is 0 Å². The van der Waals surface area contributed by atoms with Crippen LogP contribution in [0.4, 0.5) is 10.5 Å². The van der Waals surface area contributed by atoms with Crippen LogP contribution in [-0.2, 0) is 5.41 Å². The summed E-state index contributed by atoms with van der Waals surface area (Å²) >= 11 is 0. The van der Waals surface area contributed by atoms with Gasteiger partial charge in [0.2, 0.25) is 0 Å². The maximum atomic E-state index is 11.9. The topological polar surface area (TPSA) is 50.4 Å². The number of hydrogen-bond acceptors (Lipinski definition) is 2. The third-order valence-electron chi connectivity index (χ3n) is 3.65. The van der Waals surface area contributed by atoms with E-state index in [0.29, 0.717) is 13.2 Å². The fourth-order valence-corrected chi connectivity index (χ4v) is 2.27. The van der Waals surface area contributed by atoms with Crippen molar-refractivity contribution in [2.45, 2.75) is 33.1 Å². The third-order valence-corrected chi connectivity index (χ3v) is 3.65. The van der Waals surface area contributed by atoms with Crippen molar-refractivity contribution in [1.29, 1.82) is 0 Å². The molecule has 2 rings (SSSR count). The molecule has 0 bridgehead atoms. The summed E-state index contributed by atoms with van der Waals surface area (Å²) in [5, 5.41) is 5.61. The Balaban J connectivity index is 1.73. The SMILES string of the molecule is Cc1cccc(OCCNC(=O)Nc2ccc(C(C)(C)C)cc2)c1. The van der Waals surface area contributed by atoms with Crippen molar-refractivity contribution >= 4 is 11.7 Å². The molecule has 0 fully saturated rings.